The quantitative estimate of drug-likeness (QED) is 0.623. The van der Waals surface area contributed by atoms with Crippen LogP contribution in [0.15, 0.2) is 42.5 Å². The van der Waals surface area contributed by atoms with Crippen LogP contribution in [-0.4, -0.2) is 17.0 Å². The normalized spacial score (nSPS) is 22.5. The summed E-state index contributed by atoms with van der Waals surface area (Å²) >= 11 is 0. The fraction of sp³-hybridized carbons (Fsp3) is 0.320. The van der Waals surface area contributed by atoms with Crippen molar-refractivity contribution in [2.45, 2.75) is 51.4 Å². The summed E-state index contributed by atoms with van der Waals surface area (Å²) in [5.74, 6) is 2.29. The first-order chi connectivity index (χ1) is 13.7. The first-order valence-electron chi connectivity index (χ1n) is 9.98. The Bertz CT molecular complexity index is 1090. The molecule has 1 unspecified atom stereocenters. The molecule has 0 radical (unpaired) electrons. The largest absolute Gasteiger partial charge is 0.484 e. The molecule has 0 saturated heterocycles. The highest BCUT2D eigenvalue weighted by molar-refractivity contribution is 6.01. The lowest BCUT2D eigenvalue weighted by molar-refractivity contribution is 0.0846. The molecule has 0 fully saturated rings. The highest BCUT2D eigenvalue weighted by Gasteiger charge is 2.33. The highest BCUT2D eigenvalue weighted by Crippen LogP contribution is 2.45. The summed E-state index contributed by atoms with van der Waals surface area (Å²) in [5.41, 5.74) is 2.73. The zero-order valence-corrected chi connectivity index (χ0v) is 17.1. The summed E-state index contributed by atoms with van der Waals surface area (Å²) in [6, 6.07) is 9.68. The minimum atomic E-state index is -0.377. The maximum atomic E-state index is 12.9. The number of ether oxygens (including phenoxy) is 3. The van der Waals surface area contributed by atoms with Gasteiger partial charge in [0.2, 0.25) is 0 Å². The molecule has 3 aliphatic heterocycles. The molecule has 0 bridgehead atoms. The Balaban J connectivity index is 1.51. The van der Waals surface area contributed by atoms with Crippen molar-refractivity contribution in [3.63, 3.8) is 0 Å². The molecule has 2 aromatic rings. The van der Waals surface area contributed by atoms with Crippen LogP contribution in [0, 0.1) is 0 Å². The average molecular weight is 388 g/mol. The molecule has 1 atom stereocenters. The number of hydrogen-bond acceptors (Lipinski definition) is 4. The molecule has 0 N–H and O–H groups in total. The maximum Gasteiger partial charge on any atom is 0.170 e. The Kier molecular flexibility index (Phi) is 3.73. The number of carbonyl (C=O) groups excluding carboxylic acids is 1. The van der Waals surface area contributed by atoms with E-state index in [9.17, 15) is 4.79 Å². The lowest BCUT2D eigenvalue weighted by atomic mass is 9.91. The van der Waals surface area contributed by atoms with Gasteiger partial charge in [0, 0.05) is 5.56 Å². The van der Waals surface area contributed by atoms with Crippen LogP contribution in [0.5, 0.6) is 17.2 Å². The first-order valence-corrected chi connectivity index (χ1v) is 9.98. The van der Waals surface area contributed by atoms with Crippen LogP contribution in [0.4, 0.5) is 0 Å². The van der Waals surface area contributed by atoms with Crippen LogP contribution in [0.2, 0.25) is 0 Å². The lowest BCUT2D eigenvalue weighted by Gasteiger charge is -2.33. The van der Waals surface area contributed by atoms with E-state index >= 15 is 0 Å². The minimum absolute atomic E-state index is 0.0860. The van der Waals surface area contributed by atoms with Gasteiger partial charge in [-0.1, -0.05) is 12.1 Å². The van der Waals surface area contributed by atoms with Crippen molar-refractivity contribution in [1.82, 2.24) is 0 Å². The van der Waals surface area contributed by atoms with E-state index in [1.807, 2.05) is 70.2 Å². The third-order valence-corrected chi connectivity index (χ3v) is 5.55. The van der Waals surface area contributed by atoms with Gasteiger partial charge in [-0.15, -0.1) is 0 Å². The van der Waals surface area contributed by atoms with Crippen molar-refractivity contribution < 1.29 is 19.0 Å². The molecule has 4 heteroatoms. The van der Waals surface area contributed by atoms with Gasteiger partial charge in [0.05, 0.1) is 17.5 Å². The van der Waals surface area contributed by atoms with E-state index < -0.39 is 0 Å². The Labute approximate surface area is 170 Å². The van der Waals surface area contributed by atoms with E-state index in [-0.39, 0.29) is 23.1 Å². The summed E-state index contributed by atoms with van der Waals surface area (Å²) in [4.78, 5) is 12.9. The Hall–Kier alpha value is -3.01. The van der Waals surface area contributed by atoms with Crippen molar-refractivity contribution >= 4 is 17.9 Å². The number of carbonyl (C=O) groups is 1. The molecule has 148 valence electrons. The van der Waals surface area contributed by atoms with E-state index in [0.29, 0.717) is 17.7 Å². The van der Waals surface area contributed by atoms with Gasteiger partial charge < -0.3 is 14.2 Å². The van der Waals surface area contributed by atoms with Crippen molar-refractivity contribution in [1.29, 1.82) is 0 Å². The Morgan fingerprint density at radius 3 is 2.38 bits per heavy atom. The predicted octanol–water partition coefficient (Wildman–Crippen LogP) is 5.76. The van der Waals surface area contributed by atoms with E-state index in [1.54, 1.807) is 0 Å². The Morgan fingerprint density at radius 2 is 1.59 bits per heavy atom. The molecule has 2 aromatic carbocycles. The zero-order valence-electron chi connectivity index (χ0n) is 17.1. The third-order valence-electron chi connectivity index (χ3n) is 5.55. The topological polar surface area (TPSA) is 44.8 Å². The van der Waals surface area contributed by atoms with Crippen LogP contribution < -0.4 is 14.2 Å². The average Bonchev–Trinajstić information content (AvgIpc) is 2.65. The zero-order chi connectivity index (χ0) is 20.4. The second-order valence-corrected chi connectivity index (χ2v) is 8.96. The second kappa shape index (κ2) is 5.99. The maximum absolute atomic E-state index is 12.9. The minimum Gasteiger partial charge on any atom is -0.484 e. The molecule has 0 aliphatic carbocycles. The predicted molar refractivity (Wildman–Crippen MR) is 113 cm³/mol. The van der Waals surface area contributed by atoms with Gasteiger partial charge in [-0.3, -0.25) is 4.79 Å². The fourth-order valence-electron chi connectivity index (χ4n) is 4.02. The fourth-order valence-corrected chi connectivity index (χ4v) is 4.02. The smallest absolute Gasteiger partial charge is 0.170 e. The van der Waals surface area contributed by atoms with E-state index in [1.165, 1.54) is 0 Å². The molecule has 29 heavy (non-hydrogen) atoms. The number of hydrogen-bond donors (Lipinski definition) is 0. The molecular weight excluding hydrogens is 364 g/mol. The number of benzene rings is 2. The summed E-state index contributed by atoms with van der Waals surface area (Å²) in [7, 11) is 0. The summed E-state index contributed by atoms with van der Waals surface area (Å²) in [6.07, 6.45) is 8.09. The lowest BCUT2D eigenvalue weighted by Crippen LogP contribution is -2.29. The standard InChI is InChI=1S/C25H24O4/c1-24(2)11-9-16-13-15(5-7-20(16)28-24)22-14-19(26)17-6-8-21-18(23(17)27-22)10-12-25(3,4)29-21/h5-13,22H,14H2,1-4H3. The van der Waals surface area contributed by atoms with Gasteiger partial charge in [-0.2, -0.15) is 0 Å². The molecular formula is C25H24O4. The molecule has 5 rings (SSSR count). The van der Waals surface area contributed by atoms with Gasteiger partial charge in [0.25, 0.3) is 0 Å². The van der Waals surface area contributed by atoms with Crippen LogP contribution >= 0.6 is 0 Å². The summed E-state index contributed by atoms with van der Waals surface area (Å²) in [5, 5.41) is 0. The van der Waals surface area contributed by atoms with E-state index in [4.69, 9.17) is 14.2 Å². The van der Waals surface area contributed by atoms with Crippen LogP contribution in [-0.2, 0) is 0 Å². The summed E-state index contributed by atoms with van der Waals surface area (Å²) < 4.78 is 18.4. The molecule has 3 heterocycles. The highest BCUT2D eigenvalue weighted by atomic mass is 16.5. The monoisotopic (exact) mass is 388 g/mol. The van der Waals surface area contributed by atoms with Crippen LogP contribution in [0.3, 0.4) is 0 Å². The van der Waals surface area contributed by atoms with Crippen molar-refractivity contribution in [2.24, 2.45) is 0 Å². The number of ketones is 1. The van der Waals surface area contributed by atoms with Crippen LogP contribution in [0.1, 0.15) is 67.3 Å². The molecule has 0 aromatic heterocycles. The van der Waals surface area contributed by atoms with Crippen molar-refractivity contribution in [2.75, 3.05) is 0 Å². The SMILES string of the molecule is CC1(C)C=Cc2cc(C3CC(=O)c4ccc5c(c4O3)C=CC(C)(C)O5)ccc2O1. The van der Waals surface area contributed by atoms with Gasteiger partial charge >= 0.3 is 0 Å². The van der Waals surface area contributed by atoms with E-state index in [0.717, 1.165) is 28.2 Å². The van der Waals surface area contributed by atoms with Gasteiger partial charge in [0.15, 0.2) is 5.78 Å². The number of rotatable bonds is 1. The van der Waals surface area contributed by atoms with Crippen molar-refractivity contribution in [3.05, 3.63) is 64.7 Å². The van der Waals surface area contributed by atoms with Crippen LogP contribution in [0.25, 0.3) is 12.2 Å². The molecule has 0 saturated carbocycles. The van der Waals surface area contributed by atoms with Crippen molar-refractivity contribution in [3.8, 4) is 17.2 Å². The van der Waals surface area contributed by atoms with Gasteiger partial charge in [0.1, 0.15) is 34.6 Å². The second-order valence-electron chi connectivity index (χ2n) is 8.96. The Morgan fingerprint density at radius 1 is 0.897 bits per heavy atom. The molecule has 3 aliphatic rings. The molecule has 0 amide bonds. The van der Waals surface area contributed by atoms with E-state index in [2.05, 4.69) is 12.1 Å². The molecule has 4 nitrogen and oxygen atoms in total. The summed E-state index contributed by atoms with van der Waals surface area (Å²) in [6.45, 7) is 8.07. The van der Waals surface area contributed by atoms with Gasteiger partial charge in [-0.05, 0) is 75.8 Å². The third kappa shape index (κ3) is 3.13. The molecule has 0 spiro atoms. The van der Waals surface area contributed by atoms with Gasteiger partial charge in [-0.25, -0.2) is 0 Å². The number of Topliss-reactive ketones (excluding diaryl/α,β-unsaturated/α-hetero) is 1. The first kappa shape index (κ1) is 18.0. The number of fused-ring (bicyclic) bond motifs is 4.